The maximum absolute atomic E-state index is 13.0. The molecule has 0 atom stereocenters. The van der Waals surface area contributed by atoms with E-state index in [4.69, 9.17) is 5.73 Å². The standard InChI is InChI=1S/C18H24FN5/c1-13-14(11-21-18(20)22-16-5-3-2-4-6-16)12-24(23-13)17-9-7-15(19)8-10-17/h7-10,12,16H,2-6,11H2,1H3,(H3,20,21,22). The Labute approximate surface area is 141 Å². The van der Waals surface area contributed by atoms with Crippen molar-refractivity contribution in [2.45, 2.75) is 51.6 Å². The molecule has 1 heterocycles. The largest absolute Gasteiger partial charge is 0.370 e. The Morgan fingerprint density at radius 1 is 1.29 bits per heavy atom. The van der Waals surface area contributed by atoms with E-state index in [2.05, 4.69) is 15.4 Å². The molecule has 128 valence electrons. The van der Waals surface area contributed by atoms with E-state index in [1.807, 2.05) is 13.1 Å². The Morgan fingerprint density at radius 3 is 2.71 bits per heavy atom. The van der Waals surface area contributed by atoms with E-state index in [0.29, 0.717) is 18.5 Å². The van der Waals surface area contributed by atoms with Gasteiger partial charge >= 0.3 is 0 Å². The predicted octanol–water partition coefficient (Wildman–Crippen LogP) is 3.06. The van der Waals surface area contributed by atoms with Gasteiger partial charge < -0.3 is 11.1 Å². The molecule has 0 aliphatic heterocycles. The quantitative estimate of drug-likeness (QED) is 0.669. The molecule has 1 aromatic carbocycles. The number of guanidine groups is 1. The lowest BCUT2D eigenvalue weighted by atomic mass is 9.96. The third-order valence-electron chi connectivity index (χ3n) is 4.47. The van der Waals surface area contributed by atoms with E-state index < -0.39 is 0 Å². The minimum Gasteiger partial charge on any atom is -0.370 e. The van der Waals surface area contributed by atoms with Crippen molar-refractivity contribution in [1.29, 1.82) is 0 Å². The van der Waals surface area contributed by atoms with Gasteiger partial charge in [0, 0.05) is 17.8 Å². The number of benzene rings is 1. The monoisotopic (exact) mass is 329 g/mol. The molecule has 1 aromatic heterocycles. The van der Waals surface area contributed by atoms with E-state index in [-0.39, 0.29) is 5.82 Å². The van der Waals surface area contributed by atoms with Crippen LogP contribution in [0, 0.1) is 12.7 Å². The molecule has 0 amide bonds. The van der Waals surface area contributed by atoms with E-state index in [9.17, 15) is 4.39 Å². The Bertz CT molecular complexity index is 699. The third kappa shape index (κ3) is 4.13. The van der Waals surface area contributed by atoms with Crippen LogP contribution in [0.2, 0.25) is 0 Å². The van der Waals surface area contributed by atoms with Gasteiger partial charge in [-0.15, -0.1) is 0 Å². The second-order valence-electron chi connectivity index (χ2n) is 6.34. The summed E-state index contributed by atoms with van der Waals surface area (Å²) in [5.41, 5.74) is 8.73. The van der Waals surface area contributed by atoms with Crippen LogP contribution in [0.25, 0.3) is 5.69 Å². The molecule has 5 nitrogen and oxygen atoms in total. The summed E-state index contributed by atoms with van der Waals surface area (Å²) in [6.07, 6.45) is 8.08. The summed E-state index contributed by atoms with van der Waals surface area (Å²) in [6.45, 7) is 2.42. The van der Waals surface area contributed by atoms with Crippen molar-refractivity contribution < 1.29 is 4.39 Å². The highest BCUT2D eigenvalue weighted by molar-refractivity contribution is 5.78. The highest BCUT2D eigenvalue weighted by atomic mass is 19.1. The lowest BCUT2D eigenvalue weighted by Crippen LogP contribution is -2.41. The maximum atomic E-state index is 13.0. The van der Waals surface area contributed by atoms with Crippen LogP contribution < -0.4 is 11.1 Å². The fraction of sp³-hybridized carbons (Fsp3) is 0.444. The van der Waals surface area contributed by atoms with Crippen molar-refractivity contribution in [2.75, 3.05) is 0 Å². The maximum Gasteiger partial charge on any atom is 0.189 e. The van der Waals surface area contributed by atoms with Gasteiger partial charge in [0.1, 0.15) is 5.82 Å². The van der Waals surface area contributed by atoms with Gasteiger partial charge in [-0.3, -0.25) is 0 Å². The zero-order valence-corrected chi connectivity index (χ0v) is 14.0. The normalized spacial score (nSPS) is 16.3. The molecule has 0 saturated heterocycles. The van der Waals surface area contributed by atoms with Crippen molar-refractivity contribution in [3.63, 3.8) is 0 Å². The minimum absolute atomic E-state index is 0.256. The number of aryl methyl sites for hydroxylation is 1. The van der Waals surface area contributed by atoms with Gasteiger partial charge in [0.05, 0.1) is 17.9 Å². The van der Waals surface area contributed by atoms with Crippen LogP contribution in [0.5, 0.6) is 0 Å². The molecular weight excluding hydrogens is 305 g/mol. The lowest BCUT2D eigenvalue weighted by Gasteiger charge is -2.23. The first-order valence-electron chi connectivity index (χ1n) is 8.49. The average molecular weight is 329 g/mol. The molecule has 0 bridgehead atoms. The topological polar surface area (TPSA) is 68.2 Å². The van der Waals surface area contributed by atoms with Crippen molar-refractivity contribution in [3.8, 4) is 5.69 Å². The molecule has 1 fully saturated rings. The molecule has 0 radical (unpaired) electrons. The smallest absolute Gasteiger partial charge is 0.189 e. The Balaban J connectivity index is 1.64. The van der Waals surface area contributed by atoms with Crippen molar-refractivity contribution in [1.82, 2.24) is 15.1 Å². The third-order valence-corrected chi connectivity index (χ3v) is 4.47. The summed E-state index contributed by atoms with van der Waals surface area (Å²) in [7, 11) is 0. The number of hydrogen-bond donors (Lipinski definition) is 2. The van der Waals surface area contributed by atoms with Crippen molar-refractivity contribution in [2.24, 2.45) is 10.7 Å². The number of halogens is 1. The van der Waals surface area contributed by atoms with Crippen LogP contribution >= 0.6 is 0 Å². The van der Waals surface area contributed by atoms with E-state index in [0.717, 1.165) is 29.8 Å². The Kier molecular flexibility index (Phi) is 5.13. The zero-order chi connectivity index (χ0) is 16.9. The first-order chi connectivity index (χ1) is 11.6. The number of nitrogens with two attached hydrogens (primary N) is 1. The molecule has 3 rings (SSSR count). The van der Waals surface area contributed by atoms with Gasteiger partial charge in [-0.25, -0.2) is 14.1 Å². The summed E-state index contributed by atoms with van der Waals surface area (Å²) < 4.78 is 14.8. The Morgan fingerprint density at radius 2 is 2.00 bits per heavy atom. The molecule has 1 aliphatic rings. The fourth-order valence-electron chi connectivity index (χ4n) is 3.05. The van der Waals surface area contributed by atoms with Gasteiger partial charge in [-0.05, 0) is 44.0 Å². The molecule has 1 saturated carbocycles. The average Bonchev–Trinajstić information content (AvgIpc) is 2.95. The SMILES string of the molecule is Cc1nn(-c2ccc(F)cc2)cc1CN=C(N)NC1CCCCC1. The van der Waals surface area contributed by atoms with Gasteiger partial charge in [0.2, 0.25) is 0 Å². The van der Waals surface area contributed by atoms with Crippen LogP contribution in [0.3, 0.4) is 0 Å². The number of nitrogens with one attached hydrogen (secondary N) is 1. The summed E-state index contributed by atoms with van der Waals surface area (Å²) in [5.74, 6) is 0.241. The molecule has 0 unspecified atom stereocenters. The molecule has 24 heavy (non-hydrogen) atoms. The van der Waals surface area contributed by atoms with Gasteiger partial charge in [-0.2, -0.15) is 5.10 Å². The molecular formula is C18H24FN5. The molecule has 3 N–H and O–H groups in total. The van der Waals surface area contributed by atoms with Gasteiger partial charge in [0.25, 0.3) is 0 Å². The van der Waals surface area contributed by atoms with Gasteiger partial charge in [-0.1, -0.05) is 19.3 Å². The van der Waals surface area contributed by atoms with Crippen molar-refractivity contribution in [3.05, 3.63) is 47.5 Å². The van der Waals surface area contributed by atoms with E-state index in [1.165, 1.54) is 31.4 Å². The highest BCUT2D eigenvalue weighted by Gasteiger charge is 2.13. The van der Waals surface area contributed by atoms with Crippen LogP contribution in [0.4, 0.5) is 4.39 Å². The molecule has 0 spiro atoms. The molecule has 2 aromatic rings. The summed E-state index contributed by atoms with van der Waals surface area (Å²) in [6, 6.07) is 6.71. The zero-order valence-electron chi connectivity index (χ0n) is 14.0. The number of aliphatic imine (C=N–C) groups is 1. The Hall–Kier alpha value is -2.37. The number of hydrogen-bond acceptors (Lipinski definition) is 2. The van der Waals surface area contributed by atoms with Crippen LogP contribution in [-0.2, 0) is 6.54 Å². The van der Waals surface area contributed by atoms with Crippen LogP contribution in [0.15, 0.2) is 35.5 Å². The van der Waals surface area contributed by atoms with Crippen LogP contribution in [0.1, 0.15) is 43.4 Å². The minimum atomic E-state index is -0.256. The summed E-state index contributed by atoms with van der Waals surface area (Å²) in [4.78, 5) is 4.44. The number of nitrogens with zero attached hydrogens (tertiary/aromatic N) is 3. The summed E-state index contributed by atoms with van der Waals surface area (Å²) in [5, 5.41) is 7.78. The predicted molar refractivity (Wildman–Crippen MR) is 93.6 cm³/mol. The first kappa shape index (κ1) is 16.5. The van der Waals surface area contributed by atoms with Crippen LogP contribution in [-0.4, -0.2) is 21.8 Å². The van der Waals surface area contributed by atoms with E-state index >= 15 is 0 Å². The molecule has 6 heteroatoms. The van der Waals surface area contributed by atoms with Gasteiger partial charge in [0.15, 0.2) is 5.96 Å². The second-order valence-corrected chi connectivity index (χ2v) is 6.34. The lowest BCUT2D eigenvalue weighted by molar-refractivity contribution is 0.412. The second kappa shape index (κ2) is 7.47. The number of rotatable bonds is 4. The fourth-order valence-corrected chi connectivity index (χ4v) is 3.05. The first-order valence-corrected chi connectivity index (χ1v) is 8.49. The highest BCUT2D eigenvalue weighted by Crippen LogP contribution is 2.17. The summed E-state index contributed by atoms with van der Waals surface area (Å²) >= 11 is 0. The van der Waals surface area contributed by atoms with Crippen molar-refractivity contribution >= 4 is 5.96 Å². The van der Waals surface area contributed by atoms with E-state index in [1.54, 1.807) is 16.8 Å². The number of aromatic nitrogens is 2. The molecule has 1 aliphatic carbocycles.